The maximum Gasteiger partial charge on any atom is 0.334 e. The first-order valence-electron chi connectivity index (χ1n) is 23.2. The zero-order chi connectivity index (χ0) is 49.7. The molecule has 370 valence electrons. The third-order valence-electron chi connectivity index (χ3n) is 12.0. The molecule has 0 unspecified atom stereocenters. The molecular weight excluding hydrogens is 865 g/mol. The summed E-state index contributed by atoms with van der Waals surface area (Å²) in [6, 6.07) is 4.64. The number of thioether (sulfide) groups is 1. The molecule has 0 saturated heterocycles. The van der Waals surface area contributed by atoms with Gasteiger partial charge in [0.1, 0.15) is 30.3 Å². The van der Waals surface area contributed by atoms with Gasteiger partial charge in [0.25, 0.3) is 5.91 Å². The van der Waals surface area contributed by atoms with E-state index in [-0.39, 0.29) is 43.1 Å². The summed E-state index contributed by atoms with van der Waals surface area (Å²) in [5.74, 6) is -5.06. The number of carbonyl (C=O) groups is 7. The molecule has 0 aromatic heterocycles. The average molecular weight is 943 g/mol. The van der Waals surface area contributed by atoms with Gasteiger partial charge in [0.2, 0.25) is 23.6 Å². The lowest BCUT2D eigenvalue weighted by Crippen LogP contribution is -2.58. The lowest BCUT2D eigenvalue weighted by atomic mass is 9.90. The maximum atomic E-state index is 14.3. The molecule has 0 radical (unpaired) electrons. The number of nitrogens with one attached hydrogen (secondary N) is 3. The summed E-state index contributed by atoms with van der Waals surface area (Å²) in [6.07, 6.45) is 5.08. The largest absolute Gasteiger partial charge is 0.456 e. The summed E-state index contributed by atoms with van der Waals surface area (Å²) in [5, 5.41) is 8.38. The Morgan fingerprint density at radius 1 is 0.955 bits per heavy atom. The van der Waals surface area contributed by atoms with Crippen LogP contribution in [0.1, 0.15) is 106 Å². The van der Waals surface area contributed by atoms with E-state index in [4.69, 9.17) is 19.9 Å². The van der Waals surface area contributed by atoms with Crippen LogP contribution in [0.5, 0.6) is 0 Å². The maximum absolute atomic E-state index is 14.3. The van der Waals surface area contributed by atoms with E-state index < -0.39 is 96.4 Å². The quantitative estimate of drug-likeness (QED) is 0.0866. The summed E-state index contributed by atoms with van der Waals surface area (Å²) in [4.78, 5) is 101. The van der Waals surface area contributed by atoms with Gasteiger partial charge in [0, 0.05) is 32.0 Å². The van der Waals surface area contributed by atoms with Crippen LogP contribution in [0.3, 0.4) is 0 Å². The summed E-state index contributed by atoms with van der Waals surface area (Å²) in [6.45, 7) is 16.0. The van der Waals surface area contributed by atoms with Gasteiger partial charge in [-0.3, -0.25) is 24.0 Å². The first-order chi connectivity index (χ1) is 31.2. The minimum Gasteiger partial charge on any atom is -0.456 e. The number of hydrogen-bond donors (Lipinski definition) is 4. The number of rotatable bonds is 14. The van der Waals surface area contributed by atoms with E-state index in [0.29, 0.717) is 31.7 Å². The molecule has 0 saturated carbocycles. The fraction of sp³-hybridized carbons (Fsp3) is 0.653. The van der Waals surface area contributed by atoms with Crippen molar-refractivity contribution in [3.05, 3.63) is 59.2 Å². The standard InChI is InChI=1S/C49H78N6O10S/c1-13-31(5)42-45(58)52-37(22-18-19-25-50)49(62)65-43(32(6)14-2)34(8)39(63-29-66-12)24-23-33(7)48(61)64-40(26-30(3)4)44(57)51-35(9)46(59)55(11)38(27-36-20-16-15-17-21-36)47(60)54(10)28-41(56)53-42/h14-17,20-21,23,30-31,34-35,37-40,42-43H,13,18-19,22,24-29,50H2,1-12H3,(H,51,57)(H,52,58)(H,53,56)/b32-14+,33-23+/t31-,34+,35+,37-,38-,39+,40-,42+,43-/m1/s1. The Kier molecular flexibility index (Phi) is 25.3. The molecule has 9 atom stereocenters. The second-order valence-electron chi connectivity index (χ2n) is 17.9. The van der Waals surface area contributed by atoms with Gasteiger partial charge < -0.3 is 45.7 Å². The van der Waals surface area contributed by atoms with Gasteiger partial charge in [-0.25, -0.2) is 9.59 Å². The highest BCUT2D eigenvalue weighted by atomic mass is 32.2. The van der Waals surface area contributed by atoms with E-state index in [1.165, 1.54) is 42.6 Å². The van der Waals surface area contributed by atoms with Crippen LogP contribution in [-0.2, 0) is 54.2 Å². The Balaban J connectivity index is 2.76. The van der Waals surface area contributed by atoms with Gasteiger partial charge >= 0.3 is 11.9 Å². The number of hydrogen-bond acceptors (Lipinski definition) is 12. The lowest BCUT2D eigenvalue weighted by Gasteiger charge is -2.33. The number of benzene rings is 1. The van der Waals surface area contributed by atoms with Gasteiger partial charge in [0.15, 0.2) is 6.10 Å². The Bertz CT molecular complexity index is 1830. The van der Waals surface area contributed by atoms with Gasteiger partial charge in [-0.05, 0) is 95.6 Å². The van der Waals surface area contributed by atoms with Crippen LogP contribution in [0.15, 0.2) is 53.6 Å². The van der Waals surface area contributed by atoms with Gasteiger partial charge in [0.05, 0.1) is 18.6 Å². The summed E-state index contributed by atoms with van der Waals surface area (Å²) in [5.41, 5.74) is 7.52. The number of esters is 2. The van der Waals surface area contributed by atoms with Crippen LogP contribution in [-0.4, -0.2) is 133 Å². The summed E-state index contributed by atoms with van der Waals surface area (Å²) in [7, 11) is 2.89. The van der Waals surface area contributed by atoms with Crippen molar-refractivity contribution in [2.24, 2.45) is 23.5 Å². The zero-order valence-corrected chi connectivity index (χ0v) is 42.2. The second kappa shape index (κ2) is 29.1. The van der Waals surface area contributed by atoms with E-state index in [0.717, 1.165) is 11.1 Å². The predicted octanol–water partition coefficient (Wildman–Crippen LogP) is 4.69. The fourth-order valence-corrected chi connectivity index (χ4v) is 7.84. The van der Waals surface area contributed by atoms with Crippen LogP contribution in [0.2, 0.25) is 0 Å². The van der Waals surface area contributed by atoms with Crippen molar-refractivity contribution >= 4 is 53.2 Å². The number of amides is 5. The number of allylic oxidation sites excluding steroid dienone is 1. The highest BCUT2D eigenvalue weighted by Crippen LogP contribution is 2.27. The van der Waals surface area contributed by atoms with Crippen LogP contribution >= 0.6 is 11.8 Å². The van der Waals surface area contributed by atoms with E-state index in [1.54, 1.807) is 32.1 Å². The van der Waals surface area contributed by atoms with Crippen LogP contribution < -0.4 is 21.7 Å². The molecule has 1 aromatic rings. The number of unbranched alkanes of at least 4 members (excludes halogenated alkanes) is 1. The van der Waals surface area contributed by atoms with E-state index in [1.807, 2.05) is 72.1 Å². The molecule has 1 aliphatic heterocycles. The minimum atomic E-state index is -1.24. The van der Waals surface area contributed by atoms with Crippen LogP contribution in [0.25, 0.3) is 0 Å². The van der Waals surface area contributed by atoms with Crippen molar-refractivity contribution in [3.63, 3.8) is 0 Å². The monoisotopic (exact) mass is 943 g/mol. The van der Waals surface area contributed by atoms with Gasteiger partial charge in [-0.2, -0.15) is 0 Å². The second-order valence-corrected chi connectivity index (χ2v) is 18.7. The van der Waals surface area contributed by atoms with Crippen molar-refractivity contribution in [1.82, 2.24) is 25.8 Å². The number of cyclic esters (lactones) is 2. The highest BCUT2D eigenvalue weighted by molar-refractivity contribution is 7.98. The minimum absolute atomic E-state index is 0.0683. The summed E-state index contributed by atoms with van der Waals surface area (Å²) < 4.78 is 18.4. The Morgan fingerprint density at radius 2 is 1.62 bits per heavy atom. The molecule has 0 spiro atoms. The number of nitrogens with zero attached hydrogens (tertiary/aromatic N) is 2. The number of nitrogens with two attached hydrogens (primary N) is 1. The molecule has 5 N–H and O–H groups in total. The topological polar surface area (TPSA) is 216 Å². The third-order valence-corrected chi connectivity index (χ3v) is 12.4. The number of carbonyl (C=O) groups excluding carboxylic acids is 7. The SMILES string of the molecule is C/C=C(\C)[C@H]1OC(=O)[C@@H](CCCCN)NC(=O)[C@H]([C@H](C)CC)NC(=O)CN(C)C(=O)[C@@H](Cc2ccccc2)N(C)C(=O)[C@H](C)NC(=O)[C@@H](CC(C)C)OC(=O)/C(C)=C/C[C@H](OCSC)[C@@H]1C. The van der Waals surface area contributed by atoms with Crippen molar-refractivity contribution < 1.29 is 47.8 Å². The van der Waals surface area contributed by atoms with Gasteiger partial charge in [-0.15, -0.1) is 11.8 Å². The smallest absolute Gasteiger partial charge is 0.334 e. The molecule has 16 nitrogen and oxygen atoms in total. The first-order valence-corrected chi connectivity index (χ1v) is 24.6. The van der Waals surface area contributed by atoms with Crippen LogP contribution in [0, 0.1) is 17.8 Å². The van der Waals surface area contributed by atoms with E-state index >= 15 is 0 Å². The molecule has 0 aliphatic carbocycles. The normalized spacial score (nSPS) is 27.0. The molecule has 0 bridgehead atoms. The number of ether oxygens (including phenoxy) is 3. The van der Waals surface area contributed by atoms with Crippen molar-refractivity contribution in [3.8, 4) is 0 Å². The predicted molar refractivity (Wildman–Crippen MR) is 258 cm³/mol. The number of likely N-dealkylation sites (N-methyl/N-ethyl adjacent to an activating group) is 2. The lowest BCUT2D eigenvalue weighted by molar-refractivity contribution is -0.156. The first kappa shape index (κ1) is 57.4. The van der Waals surface area contributed by atoms with Crippen molar-refractivity contribution in [1.29, 1.82) is 0 Å². The molecule has 2 rings (SSSR count). The van der Waals surface area contributed by atoms with Crippen LogP contribution in [0.4, 0.5) is 0 Å². The molecule has 0 fully saturated rings. The molecular formula is C49H78N6O10S. The van der Waals surface area contributed by atoms with E-state index in [2.05, 4.69) is 16.0 Å². The zero-order valence-electron chi connectivity index (χ0n) is 41.3. The third kappa shape index (κ3) is 18.2. The molecule has 1 aromatic carbocycles. The Morgan fingerprint density at radius 3 is 2.21 bits per heavy atom. The molecule has 5 amide bonds. The molecule has 1 heterocycles. The fourth-order valence-electron chi connectivity index (χ4n) is 7.53. The average Bonchev–Trinajstić information content (AvgIpc) is 3.29. The Hall–Kier alpha value is -4.74. The molecule has 66 heavy (non-hydrogen) atoms. The van der Waals surface area contributed by atoms with Gasteiger partial charge in [-0.1, -0.05) is 83.5 Å². The Labute approximate surface area is 397 Å². The van der Waals surface area contributed by atoms with Crippen molar-refractivity contribution in [2.45, 2.75) is 150 Å². The summed E-state index contributed by atoms with van der Waals surface area (Å²) >= 11 is 1.46. The molecule has 1 aliphatic rings. The highest BCUT2D eigenvalue weighted by Gasteiger charge is 2.37. The van der Waals surface area contributed by atoms with E-state index in [9.17, 15) is 33.6 Å². The van der Waals surface area contributed by atoms with Crippen molar-refractivity contribution in [2.75, 3.05) is 39.4 Å². The molecule has 17 heteroatoms.